The van der Waals surface area contributed by atoms with Gasteiger partial charge >= 0.3 is 0 Å². The van der Waals surface area contributed by atoms with Gasteiger partial charge in [0.1, 0.15) is 0 Å². The highest BCUT2D eigenvalue weighted by Crippen LogP contribution is 2.27. The van der Waals surface area contributed by atoms with Crippen LogP contribution in [0.2, 0.25) is 0 Å². The molecule has 24 heavy (non-hydrogen) atoms. The van der Waals surface area contributed by atoms with Crippen molar-refractivity contribution in [2.45, 2.75) is 26.2 Å². The second-order valence-corrected chi connectivity index (χ2v) is 6.02. The molecule has 1 aliphatic rings. The number of para-hydroxylation sites is 1. The van der Waals surface area contributed by atoms with Crippen molar-refractivity contribution in [3.63, 3.8) is 0 Å². The summed E-state index contributed by atoms with van der Waals surface area (Å²) in [6.07, 6.45) is 0.651. The zero-order chi connectivity index (χ0) is 17.1. The first-order valence-electron chi connectivity index (χ1n) is 8.09. The highest BCUT2D eigenvalue weighted by molar-refractivity contribution is 6.09. The predicted octanol–water partition coefficient (Wildman–Crippen LogP) is 3.58. The smallest absolute Gasteiger partial charge is 0.227 e. The lowest BCUT2D eigenvalue weighted by atomic mass is 9.99. The van der Waals surface area contributed by atoms with E-state index in [1.165, 1.54) is 0 Å². The first-order chi connectivity index (χ1) is 11.6. The van der Waals surface area contributed by atoms with Crippen LogP contribution in [0.1, 0.15) is 45.5 Å². The topological polar surface area (TPSA) is 54.5 Å². The van der Waals surface area contributed by atoms with Gasteiger partial charge in [-0.1, -0.05) is 42.0 Å². The van der Waals surface area contributed by atoms with E-state index in [0.29, 0.717) is 29.8 Å². The van der Waals surface area contributed by atoms with E-state index < -0.39 is 0 Å². The van der Waals surface area contributed by atoms with E-state index in [9.17, 15) is 14.4 Å². The second kappa shape index (κ2) is 6.79. The van der Waals surface area contributed by atoms with Gasteiger partial charge in [-0.15, -0.1) is 0 Å². The zero-order valence-electron chi connectivity index (χ0n) is 13.6. The molecule has 0 saturated heterocycles. The summed E-state index contributed by atoms with van der Waals surface area (Å²) in [5.41, 5.74) is 2.96. The summed E-state index contributed by atoms with van der Waals surface area (Å²) in [4.78, 5) is 38.3. The number of nitrogens with zero attached hydrogens (tertiary/aromatic N) is 1. The third-order valence-electron chi connectivity index (χ3n) is 4.30. The van der Waals surface area contributed by atoms with Crippen molar-refractivity contribution in [2.24, 2.45) is 0 Å². The summed E-state index contributed by atoms with van der Waals surface area (Å²) in [5.74, 6) is -0.0921. The molecule has 1 heterocycles. The van der Waals surface area contributed by atoms with Crippen molar-refractivity contribution in [3.05, 3.63) is 65.2 Å². The number of benzene rings is 2. The maximum Gasteiger partial charge on any atom is 0.227 e. The Balaban J connectivity index is 1.67. The minimum absolute atomic E-state index is 0.0373. The summed E-state index contributed by atoms with van der Waals surface area (Å²) in [6, 6.07) is 14.5. The Morgan fingerprint density at radius 2 is 1.71 bits per heavy atom. The van der Waals surface area contributed by atoms with Gasteiger partial charge < -0.3 is 4.90 Å². The molecule has 2 aromatic carbocycles. The number of carbonyl (C=O) groups excluding carboxylic acids is 3. The number of anilines is 1. The largest absolute Gasteiger partial charge is 0.311 e. The van der Waals surface area contributed by atoms with Crippen molar-refractivity contribution in [1.29, 1.82) is 0 Å². The van der Waals surface area contributed by atoms with Gasteiger partial charge in [0.2, 0.25) is 5.91 Å². The number of Topliss-reactive ketones (excluding diaryl/α,β-unsaturated/α-hetero) is 2. The van der Waals surface area contributed by atoms with Crippen molar-refractivity contribution < 1.29 is 14.4 Å². The van der Waals surface area contributed by atoms with Gasteiger partial charge in [0, 0.05) is 36.9 Å². The first kappa shape index (κ1) is 16.1. The molecule has 4 nitrogen and oxygen atoms in total. The van der Waals surface area contributed by atoms with E-state index in [1.807, 2.05) is 25.1 Å². The molecule has 0 aromatic heterocycles. The van der Waals surface area contributed by atoms with Gasteiger partial charge in [0.25, 0.3) is 0 Å². The number of amides is 1. The Kier molecular flexibility index (Phi) is 4.56. The van der Waals surface area contributed by atoms with Crippen LogP contribution in [-0.2, 0) is 4.79 Å². The average molecular weight is 321 g/mol. The number of rotatable bonds is 4. The van der Waals surface area contributed by atoms with Crippen molar-refractivity contribution in [3.8, 4) is 0 Å². The fourth-order valence-electron chi connectivity index (χ4n) is 2.91. The fourth-order valence-corrected chi connectivity index (χ4v) is 2.91. The van der Waals surface area contributed by atoms with E-state index in [0.717, 1.165) is 5.56 Å². The molecular weight excluding hydrogens is 302 g/mol. The fraction of sp³-hybridized carbons (Fsp3) is 0.250. The maximum absolute atomic E-state index is 12.5. The van der Waals surface area contributed by atoms with Crippen LogP contribution < -0.4 is 4.90 Å². The number of carbonyl (C=O) groups is 3. The third-order valence-corrected chi connectivity index (χ3v) is 4.30. The molecule has 0 spiro atoms. The lowest BCUT2D eigenvalue weighted by molar-refractivity contribution is -0.118. The second-order valence-electron chi connectivity index (χ2n) is 6.02. The van der Waals surface area contributed by atoms with Crippen LogP contribution in [0.25, 0.3) is 0 Å². The van der Waals surface area contributed by atoms with E-state index in [1.54, 1.807) is 35.2 Å². The number of ketones is 2. The van der Waals surface area contributed by atoms with Gasteiger partial charge in [-0.2, -0.15) is 0 Å². The van der Waals surface area contributed by atoms with Crippen molar-refractivity contribution >= 4 is 23.2 Å². The number of fused-ring (bicyclic) bond motifs is 1. The minimum Gasteiger partial charge on any atom is -0.311 e. The van der Waals surface area contributed by atoms with E-state index in [2.05, 4.69) is 0 Å². The summed E-state index contributed by atoms with van der Waals surface area (Å²) in [7, 11) is 0. The monoisotopic (exact) mass is 321 g/mol. The lowest BCUT2D eigenvalue weighted by Crippen LogP contribution is -2.37. The number of hydrogen-bond donors (Lipinski definition) is 0. The van der Waals surface area contributed by atoms with Gasteiger partial charge in [-0.25, -0.2) is 0 Å². The molecule has 0 bridgehead atoms. The van der Waals surface area contributed by atoms with Crippen LogP contribution in [0.15, 0.2) is 48.5 Å². The Morgan fingerprint density at radius 1 is 1.00 bits per heavy atom. The van der Waals surface area contributed by atoms with Gasteiger partial charge in [-0.05, 0) is 19.1 Å². The Labute approximate surface area is 141 Å². The van der Waals surface area contributed by atoms with E-state index in [4.69, 9.17) is 0 Å². The SMILES string of the molecule is Cc1ccc(C(=O)CCC(=O)N2CCC(=O)c3ccccc32)cc1. The quantitative estimate of drug-likeness (QED) is 0.809. The molecule has 1 amide bonds. The van der Waals surface area contributed by atoms with Gasteiger partial charge in [0.15, 0.2) is 11.6 Å². The van der Waals surface area contributed by atoms with Crippen LogP contribution in [0.5, 0.6) is 0 Å². The van der Waals surface area contributed by atoms with Crippen LogP contribution >= 0.6 is 0 Å². The highest BCUT2D eigenvalue weighted by atomic mass is 16.2. The van der Waals surface area contributed by atoms with E-state index in [-0.39, 0.29) is 30.3 Å². The van der Waals surface area contributed by atoms with Crippen LogP contribution in [0.4, 0.5) is 5.69 Å². The van der Waals surface area contributed by atoms with Gasteiger partial charge in [0.05, 0.1) is 5.69 Å². The van der Waals surface area contributed by atoms with Crippen molar-refractivity contribution in [2.75, 3.05) is 11.4 Å². The highest BCUT2D eigenvalue weighted by Gasteiger charge is 2.26. The van der Waals surface area contributed by atoms with Gasteiger partial charge in [-0.3, -0.25) is 14.4 Å². The Bertz CT molecular complexity index is 793. The molecule has 1 aliphatic heterocycles. The predicted molar refractivity (Wildman–Crippen MR) is 92.5 cm³/mol. The summed E-state index contributed by atoms with van der Waals surface area (Å²) < 4.78 is 0. The molecule has 0 fully saturated rings. The molecule has 0 aliphatic carbocycles. The normalized spacial score (nSPS) is 13.5. The standard InChI is InChI=1S/C20H19NO3/c1-14-6-8-15(9-7-14)18(22)10-11-20(24)21-13-12-19(23)16-4-2-3-5-17(16)21/h2-9H,10-13H2,1H3. The third kappa shape index (κ3) is 3.27. The number of hydrogen-bond acceptors (Lipinski definition) is 3. The van der Waals surface area contributed by atoms with Crippen LogP contribution in [0, 0.1) is 6.92 Å². The summed E-state index contributed by atoms with van der Waals surface area (Å²) >= 11 is 0. The van der Waals surface area contributed by atoms with Crippen LogP contribution in [0.3, 0.4) is 0 Å². The molecule has 0 saturated carbocycles. The Morgan fingerprint density at radius 3 is 2.46 bits per heavy atom. The molecule has 0 radical (unpaired) electrons. The maximum atomic E-state index is 12.5. The average Bonchev–Trinajstić information content (AvgIpc) is 2.60. The molecule has 0 atom stereocenters. The number of aryl methyl sites for hydroxylation is 1. The summed E-state index contributed by atoms with van der Waals surface area (Å²) in [5, 5.41) is 0. The molecule has 3 rings (SSSR count). The summed E-state index contributed by atoms with van der Waals surface area (Å²) in [6.45, 7) is 2.35. The first-order valence-corrected chi connectivity index (χ1v) is 8.09. The molecule has 122 valence electrons. The minimum atomic E-state index is -0.115. The Hall–Kier alpha value is -2.75. The molecule has 4 heteroatoms. The molecule has 2 aromatic rings. The molecular formula is C20H19NO3. The lowest BCUT2D eigenvalue weighted by Gasteiger charge is -2.28. The molecule has 0 unspecified atom stereocenters. The van der Waals surface area contributed by atoms with Crippen LogP contribution in [-0.4, -0.2) is 24.0 Å². The van der Waals surface area contributed by atoms with E-state index >= 15 is 0 Å². The zero-order valence-corrected chi connectivity index (χ0v) is 13.6. The molecule has 0 N–H and O–H groups in total. The van der Waals surface area contributed by atoms with Crippen molar-refractivity contribution in [1.82, 2.24) is 0 Å².